The number of hydrogen-bond acceptors (Lipinski definition) is 2. The molecule has 0 aliphatic heterocycles. The Morgan fingerprint density at radius 3 is 2.75 bits per heavy atom. The first-order chi connectivity index (χ1) is 9.58. The summed E-state index contributed by atoms with van der Waals surface area (Å²) < 4.78 is 13.4. The van der Waals surface area contributed by atoms with Gasteiger partial charge in [0.05, 0.1) is 10.6 Å². The smallest absolute Gasteiger partial charge is 0.252 e. The third-order valence-electron chi connectivity index (χ3n) is 2.87. The van der Waals surface area contributed by atoms with Crippen LogP contribution in [0.1, 0.15) is 15.9 Å². The number of rotatable bonds is 4. The third kappa shape index (κ3) is 3.48. The number of anilines is 1. The van der Waals surface area contributed by atoms with Crippen LogP contribution in [0.25, 0.3) is 0 Å². The topological polar surface area (TPSA) is 55.1 Å². The molecule has 0 radical (unpaired) electrons. The fourth-order valence-electron chi connectivity index (χ4n) is 1.82. The van der Waals surface area contributed by atoms with Crippen molar-refractivity contribution in [2.75, 3.05) is 12.3 Å². The number of carbonyl (C=O) groups excluding carboxylic acids is 1. The summed E-state index contributed by atoms with van der Waals surface area (Å²) in [4.78, 5) is 11.9. The molecule has 0 aliphatic rings. The van der Waals surface area contributed by atoms with Crippen LogP contribution >= 0.6 is 11.6 Å². The van der Waals surface area contributed by atoms with Crippen molar-refractivity contribution < 1.29 is 9.18 Å². The van der Waals surface area contributed by atoms with Gasteiger partial charge in [-0.05, 0) is 36.2 Å². The van der Waals surface area contributed by atoms with Crippen molar-refractivity contribution >= 4 is 23.2 Å². The first-order valence-corrected chi connectivity index (χ1v) is 6.52. The molecule has 0 saturated carbocycles. The highest BCUT2D eigenvalue weighted by Gasteiger charge is 2.10. The maximum absolute atomic E-state index is 13.4. The van der Waals surface area contributed by atoms with Gasteiger partial charge in [-0.25, -0.2) is 4.39 Å². The Hall–Kier alpha value is -2.07. The van der Waals surface area contributed by atoms with E-state index in [1.807, 2.05) is 0 Å². The number of nitrogens with two attached hydrogens (primary N) is 1. The number of carbonyl (C=O) groups is 1. The minimum atomic E-state index is -0.321. The Morgan fingerprint density at radius 2 is 2.00 bits per heavy atom. The van der Waals surface area contributed by atoms with Crippen molar-refractivity contribution in [2.24, 2.45) is 0 Å². The molecular weight excluding hydrogens is 279 g/mol. The van der Waals surface area contributed by atoms with Crippen molar-refractivity contribution in [3.8, 4) is 0 Å². The van der Waals surface area contributed by atoms with E-state index in [-0.39, 0.29) is 11.7 Å². The van der Waals surface area contributed by atoms with Gasteiger partial charge in [0.25, 0.3) is 5.91 Å². The number of benzene rings is 2. The molecule has 0 spiro atoms. The van der Waals surface area contributed by atoms with E-state index >= 15 is 0 Å². The molecule has 0 bridgehead atoms. The Morgan fingerprint density at radius 1 is 1.25 bits per heavy atom. The minimum absolute atomic E-state index is 0.274. The molecule has 2 aromatic rings. The molecule has 5 heteroatoms. The lowest BCUT2D eigenvalue weighted by Gasteiger charge is -2.08. The van der Waals surface area contributed by atoms with E-state index in [4.69, 9.17) is 17.3 Å². The van der Waals surface area contributed by atoms with Crippen LogP contribution in [-0.2, 0) is 6.42 Å². The SMILES string of the molecule is Nc1ccc(Cl)c(C(=O)NCCc2ccccc2F)c1. The predicted molar refractivity (Wildman–Crippen MR) is 78.3 cm³/mol. The average molecular weight is 293 g/mol. The van der Waals surface area contributed by atoms with Gasteiger partial charge in [-0.1, -0.05) is 29.8 Å². The summed E-state index contributed by atoms with van der Waals surface area (Å²) in [6.45, 7) is 0.324. The number of nitrogens with one attached hydrogen (secondary N) is 1. The van der Waals surface area contributed by atoms with Gasteiger partial charge in [-0.15, -0.1) is 0 Å². The zero-order valence-electron chi connectivity index (χ0n) is 10.7. The highest BCUT2D eigenvalue weighted by atomic mass is 35.5. The molecule has 104 valence electrons. The van der Waals surface area contributed by atoms with Crippen molar-refractivity contribution in [1.82, 2.24) is 5.32 Å². The van der Waals surface area contributed by atoms with E-state index in [9.17, 15) is 9.18 Å². The molecule has 3 nitrogen and oxygen atoms in total. The number of amides is 1. The molecule has 0 saturated heterocycles. The standard InChI is InChI=1S/C15H14ClFN2O/c16-13-6-5-11(18)9-12(13)15(20)19-8-7-10-3-1-2-4-14(10)17/h1-6,9H,7-8,18H2,(H,19,20). The van der Waals surface area contributed by atoms with Crippen molar-refractivity contribution in [3.63, 3.8) is 0 Å². The monoisotopic (exact) mass is 292 g/mol. The lowest BCUT2D eigenvalue weighted by Crippen LogP contribution is -2.26. The zero-order valence-corrected chi connectivity index (χ0v) is 11.5. The molecule has 2 aromatic carbocycles. The molecular formula is C15H14ClFN2O. The zero-order chi connectivity index (χ0) is 14.5. The predicted octanol–water partition coefficient (Wildman–Crippen LogP) is 3.03. The van der Waals surface area contributed by atoms with E-state index in [1.54, 1.807) is 30.3 Å². The van der Waals surface area contributed by atoms with Crippen LogP contribution in [0.4, 0.5) is 10.1 Å². The fraction of sp³-hybridized carbons (Fsp3) is 0.133. The molecule has 0 heterocycles. The number of hydrogen-bond donors (Lipinski definition) is 2. The summed E-state index contributed by atoms with van der Waals surface area (Å²) in [5.74, 6) is -0.595. The van der Waals surface area contributed by atoms with Gasteiger partial charge in [0.2, 0.25) is 0 Å². The van der Waals surface area contributed by atoms with E-state index in [1.165, 1.54) is 12.1 Å². The van der Waals surface area contributed by atoms with Crippen LogP contribution in [-0.4, -0.2) is 12.5 Å². The Bertz CT molecular complexity index is 631. The summed E-state index contributed by atoms with van der Waals surface area (Å²) >= 11 is 5.94. The molecule has 0 atom stereocenters. The van der Waals surface area contributed by atoms with E-state index in [2.05, 4.69) is 5.32 Å². The highest BCUT2D eigenvalue weighted by Crippen LogP contribution is 2.18. The molecule has 0 unspecified atom stereocenters. The third-order valence-corrected chi connectivity index (χ3v) is 3.20. The lowest BCUT2D eigenvalue weighted by atomic mass is 10.1. The molecule has 1 amide bonds. The Kier molecular flexibility index (Phi) is 4.58. The number of nitrogen functional groups attached to an aromatic ring is 1. The van der Waals surface area contributed by atoms with Gasteiger partial charge in [0.1, 0.15) is 5.82 Å². The lowest BCUT2D eigenvalue weighted by molar-refractivity contribution is 0.0954. The van der Waals surface area contributed by atoms with Gasteiger partial charge >= 0.3 is 0 Å². The second kappa shape index (κ2) is 6.39. The molecule has 2 rings (SSSR count). The molecule has 0 aromatic heterocycles. The van der Waals surface area contributed by atoms with Crippen molar-refractivity contribution in [2.45, 2.75) is 6.42 Å². The second-order valence-electron chi connectivity index (χ2n) is 4.34. The van der Waals surface area contributed by atoms with E-state index < -0.39 is 0 Å². The van der Waals surface area contributed by atoms with Crippen molar-refractivity contribution in [1.29, 1.82) is 0 Å². The van der Waals surface area contributed by atoms with E-state index in [0.29, 0.717) is 34.8 Å². The first kappa shape index (κ1) is 14.3. The summed E-state index contributed by atoms with van der Waals surface area (Å²) in [7, 11) is 0. The largest absolute Gasteiger partial charge is 0.399 e. The highest BCUT2D eigenvalue weighted by molar-refractivity contribution is 6.34. The summed E-state index contributed by atoms with van der Waals surface area (Å²) in [5, 5.41) is 3.03. The van der Waals surface area contributed by atoms with Gasteiger partial charge in [0.15, 0.2) is 0 Å². The van der Waals surface area contributed by atoms with Crippen LogP contribution < -0.4 is 11.1 Å². The summed E-state index contributed by atoms with van der Waals surface area (Å²) in [6, 6.07) is 11.2. The van der Waals surface area contributed by atoms with Gasteiger partial charge < -0.3 is 11.1 Å². The second-order valence-corrected chi connectivity index (χ2v) is 4.74. The normalized spacial score (nSPS) is 10.3. The summed E-state index contributed by atoms with van der Waals surface area (Å²) in [6.07, 6.45) is 0.415. The van der Waals surface area contributed by atoms with Gasteiger partial charge in [-0.3, -0.25) is 4.79 Å². The maximum Gasteiger partial charge on any atom is 0.252 e. The molecule has 0 fully saturated rings. The molecule has 20 heavy (non-hydrogen) atoms. The van der Waals surface area contributed by atoms with Crippen LogP contribution in [0, 0.1) is 5.82 Å². The Labute approximate surface area is 121 Å². The average Bonchev–Trinajstić information content (AvgIpc) is 2.43. The first-order valence-electron chi connectivity index (χ1n) is 6.14. The van der Waals surface area contributed by atoms with Crippen molar-refractivity contribution in [3.05, 3.63) is 64.4 Å². The van der Waals surface area contributed by atoms with Crippen LogP contribution in [0.15, 0.2) is 42.5 Å². The summed E-state index contributed by atoms with van der Waals surface area (Å²) in [5.41, 5.74) is 6.96. The fourth-order valence-corrected chi connectivity index (χ4v) is 2.03. The van der Waals surface area contributed by atoms with Gasteiger partial charge in [0, 0.05) is 12.2 Å². The molecule has 3 N–H and O–H groups in total. The maximum atomic E-state index is 13.4. The number of halogens is 2. The Balaban J connectivity index is 1.96. The minimum Gasteiger partial charge on any atom is -0.399 e. The van der Waals surface area contributed by atoms with Crippen LogP contribution in [0.5, 0.6) is 0 Å². The molecule has 0 aliphatic carbocycles. The quantitative estimate of drug-likeness (QED) is 0.851. The van der Waals surface area contributed by atoms with Crippen LogP contribution in [0.2, 0.25) is 5.02 Å². The van der Waals surface area contributed by atoms with Gasteiger partial charge in [-0.2, -0.15) is 0 Å². The van der Waals surface area contributed by atoms with E-state index in [0.717, 1.165) is 0 Å². The van der Waals surface area contributed by atoms with Crippen LogP contribution in [0.3, 0.4) is 0 Å².